The molecule has 0 saturated carbocycles. The molecule has 2 aliphatic carbocycles. The van der Waals surface area contributed by atoms with Crippen LogP contribution in [0.3, 0.4) is 0 Å². The molecule has 0 radical (unpaired) electrons. The Morgan fingerprint density at radius 3 is 1.16 bits per heavy atom. The lowest BCUT2D eigenvalue weighted by Crippen LogP contribution is -2.26. The highest BCUT2D eigenvalue weighted by atomic mass is 15.0. The van der Waals surface area contributed by atoms with Crippen molar-refractivity contribution < 1.29 is 0 Å². The molecule has 0 fully saturated rings. The lowest BCUT2D eigenvalue weighted by Gasteiger charge is -2.31. The van der Waals surface area contributed by atoms with E-state index in [9.17, 15) is 0 Å². The number of benzene rings is 9. The van der Waals surface area contributed by atoms with Crippen molar-refractivity contribution in [3.05, 3.63) is 229 Å². The zero-order valence-corrected chi connectivity index (χ0v) is 31.0. The smallest absolute Gasteiger partial charge is 0.0726 e. The molecule has 11 aromatic rings. The quantitative estimate of drug-likeness (QED) is 0.172. The lowest BCUT2D eigenvalue weighted by atomic mass is 9.70. The summed E-state index contributed by atoms with van der Waals surface area (Å²) in [6, 6.07) is 76.8. The van der Waals surface area contributed by atoms with Crippen LogP contribution < -0.4 is 0 Å². The SMILES string of the molecule is c1ccc2c(c1)-c1ccccc1C21c2cc(-c3ccc(-n4c5ccccc5c5ccccc54)cc3)ccc2-c2ccc(-n3c4ccccc4c4ccccc43)cc21. The van der Waals surface area contributed by atoms with E-state index in [1.807, 2.05) is 0 Å². The van der Waals surface area contributed by atoms with Gasteiger partial charge in [-0.2, -0.15) is 0 Å². The Bertz CT molecular complexity index is 3310. The summed E-state index contributed by atoms with van der Waals surface area (Å²) in [6.45, 7) is 0. The third kappa shape index (κ3) is 3.99. The summed E-state index contributed by atoms with van der Waals surface area (Å²) in [5.74, 6) is 0. The van der Waals surface area contributed by atoms with Gasteiger partial charge in [0.2, 0.25) is 0 Å². The van der Waals surface area contributed by atoms with E-state index in [0.29, 0.717) is 0 Å². The maximum Gasteiger partial charge on any atom is 0.0726 e. The number of para-hydroxylation sites is 4. The van der Waals surface area contributed by atoms with Crippen molar-refractivity contribution in [2.45, 2.75) is 5.41 Å². The average Bonchev–Trinajstić information content (AvgIpc) is 3.98. The van der Waals surface area contributed by atoms with Crippen LogP contribution in [0.25, 0.3) is 88.4 Å². The molecule has 2 heterocycles. The molecular weight excluding hydrogens is 689 g/mol. The number of hydrogen-bond acceptors (Lipinski definition) is 0. The van der Waals surface area contributed by atoms with Gasteiger partial charge in [-0.05, 0) is 110 Å². The van der Waals surface area contributed by atoms with Crippen LogP contribution in [0.5, 0.6) is 0 Å². The van der Waals surface area contributed by atoms with Crippen molar-refractivity contribution in [1.82, 2.24) is 9.13 Å². The summed E-state index contributed by atoms with van der Waals surface area (Å²) in [4.78, 5) is 0. The van der Waals surface area contributed by atoms with Gasteiger partial charge in [0.25, 0.3) is 0 Å². The van der Waals surface area contributed by atoms with E-state index >= 15 is 0 Å². The normalized spacial score (nSPS) is 13.4. The summed E-state index contributed by atoms with van der Waals surface area (Å²) in [6.07, 6.45) is 0. The molecule has 57 heavy (non-hydrogen) atoms. The zero-order valence-electron chi connectivity index (χ0n) is 31.0. The van der Waals surface area contributed by atoms with Crippen molar-refractivity contribution in [3.8, 4) is 44.8 Å². The lowest BCUT2D eigenvalue weighted by molar-refractivity contribution is 0.793. The minimum Gasteiger partial charge on any atom is -0.309 e. The Balaban J connectivity index is 1.03. The van der Waals surface area contributed by atoms with Crippen LogP contribution in [0.2, 0.25) is 0 Å². The van der Waals surface area contributed by atoms with Gasteiger partial charge in [-0.1, -0.05) is 152 Å². The fourth-order valence-corrected chi connectivity index (χ4v) is 10.7. The van der Waals surface area contributed by atoms with Crippen LogP contribution in [0, 0.1) is 0 Å². The second-order valence-electron chi connectivity index (χ2n) is 15.6. The number of hydrogen-bond donors (Lipinski definition) is 0. The third-order valence-corrected chi connectivity index (χ3v) is 13.0. The van der Waals surface area contributed by atoms with E-state index in [0.717, 1.165) is 5.69 Å². The predicted octanol–water partition coefficient (Wildman–Crippen LogP) is 13.9. The Labute approximate surface area is 330 Å². The van der Waals surface area contributed by atoms with Gasteiger partial charge in [-0.3, -0.25) is 0 Å². The van der Waals surface area contributed by atoms with Crippen molar-refractivity contribution in [2.24, 2.45) is 0 Å². The molecule has 0 aliphatic heterocycles. The highest BCUT2D eigenvalue weighted by molar-refractivity contribution is 6.10. The van der Waals surface area contributed by atoms with Crippen LogP contribution >= 0.6 is 0 Å². The molecule has 264 valence electrons. The molecule has 0 atom stereocenters. The first-order valence-electron chi connectivity index (χ1n) is 19.9. The van der Waals surface area contributed by atoms with Crippen molar-refractivity contribution >= 4 is 43.6 Å². The maximum absolute atomic E-state index is 2.49. The van der Waals surface area contributed by atoms with Crippen molar-refractivity contribution in [2.75, 3.05) is 0 Å². The van der Waals surface area contributed by atoms with E-state index in [4.69, 9.17) is 0 Å². The highest BCUT2D eigenvalue weighted by Gasteiger charge is 2.51. The van der Waals surface area contributed by atoms with Gasteiger partial charge in [0, 0.05) is 32.9 Å². The van der Waals surface area contributed by atoms with Crippen molar-refractivity contribution in [3.63, 3.8) is 0 Å². The van der Waals surface area contributed by atoms with Crippen LogP contribution in [0.1, 0.15) is 22.3 Å². The molecule has 13 rings (SSSR count). The average molecular weight is 723 g/mol. The first-order chi connectivity index (χ1) is 28.3. The minimum atomic E-state index is -0.467. The summed E-state index contributed by atoms with van der Waals surface area (Å²) >= 11 is 0. The fourth-order valence-electron chi connectivity index (χ4n) is 10.7. The largest absolute Gasteiger partial charge is 0.309 e. The number of aromatic nitrogens is 2. The van der Waals surface area contributed by atoms with Gasteiger partial charge in [0.05, 0.1) is 27.5 Å². The van der Waals surface area contributed by atoms with E-state index in [1.165, 1.54) is 105 Å². The Morgan fingerprint density at radius 1 is 0.263 bits per heavy atom. The van der Waals surface area contributed by atoms with E-state index < -0.39 is 5.41 Å². The second-order valence-corrected chi connectivity index (χ2v) is 15.6. The van der Waals surface area contributed by atoms with Gasteiger partial charge in [-0.25, -0.2) is 0 Å². The molecule has 2 nitrogen and oxygen atoms in total. The molecule has 0 amide bonds. The van der Waals surface area contributed by atoms with Gasteiger partial charge < -0.3 is 9.13 Å². The zero-order chi connectivity index (χ0) is 37.2. The van der Waals surface area contributed by atoms with Crippen LogP contribution in [-0.2, 0) is 5.41 Å². The van der Waals surface area contributed by atoms with Gasteiger partial charge >= 0.3 is 0 Å². The molecule has 9 aromatic carbocycles. The Hall–Kier alpha value is -7.42. The van der Waals surface area contributed by atoms with Gasteiger partial charge in [-0.15, -0.1) is 0 Å². The molecule has 2 aromatic heterocycles. The second kappa shape index (κ2) is 11.3. The summed E-state index contributed by atoms with van der Waals surface area (Å²) < 4.78 is 4.85. The predicted molar refractivity (Wildman–Crippen MR) is 237 cm³/mol. The molecule has 0 saturated heterocycles. The van der Waals surface area contributed by atoms with E-state index in [2.05, 4.69) is 215 Å². The topological polar surface area (TPSA) is 9.86 Å². The fraction of sp³-hybridized carbons (Fsp3) is 0.0182. The minimum absolute atomic E-state index is 0.467. The van der Waals surface area contributed by atoms with Gasteiger partial charge in [0.15, 0.2) is 0 Å². The summed E-state index contributed by atoms with van der Waals surface area (Å²) in [5.41, 5.74) is 19.8. The third-order valence-electron chi connectivity index (χ3n) is 13.0. The highest BCUT2D eigenvalue weighted by Crippen LogP contribution is 2.63. The first kappa shape index (κ1) is 30.9. The number of fused-ring (bicyclic) bond motifs is 16. The van der Waals surface area contributed by atoms with Gasteiger partial charge in [0.1, 0.15) is 0 Å². The van der Waals surface area contributed by atoms with Crippen LogP contribution in [-0.4, -0.2) is 9.13 Å². The van der Waals surface area contributed by atoms with Crippen LogP contribution in [0.4, 0.5) is 0 Å². The molecule has 1 spiro atoms. The van der Waals surface area contributed by atoms with E-state index in [1.54, 1.807) is 0 Å². The molecule has 0 N–H and O–H groups in total. The summed E-state index contributed by atoms with van der Waals surface area (Å²) in [7, 11) is 0. The number of nitrogens with zero attached hydrogens (tertiary/aromatic N) is 2. The standard InChI is InChI=1S/C55H34N2/c1-7-19-47-39(13-1)40-14-2-8-20-48(40)55(47)49-33-36(35-25-28-37(29-26-35)56-51-21-9-3-15-43(51)44-16-4-10-22-52(44)56)27-31-41(49)42-32-30-38(34-50(42)55)57-53-23-11-5-17-45(53)46-18-6-12-24-54(46)57/h1-34H. The molecule has 0 unspecified atom stereocenters. The Morgan fingerprint density at radius 2 is 0.632 bits per heavy atom. The maximum atomic E-state index is 2.49. The Kier molecular flexibility index (Phi) is 6.13. The molecule has 0 bridgehead atoms. The molecule has 2 heteroatoms. The summed E-state index contributed by atoms with van der Waals surface area (Å²) in [5, 5.41) is 5.10. The van der Waals surface area contributed by atoms with E-state index in [-0.39, 0.29) is 0 Å². The molecular formula is C55H34N2. The monoisotopic (exact) mass is 722 g/mol. The molecule has 2 aliphatic rings. The number of rotatable bonds is 3. The van der Waals surface area contributed by atoms with Crippen LogP contribution in [0.15, 0.2) is 206 Å². The first-order valence-corrected chi connectivity index (χ1v) is 19.9. The van der Waals surface area contributed by atoms with Crippen molar-refractivity contribution in [1.29, 1.82) is 0 Å².